The maximum atomic E-state index is 12.2. The van der Waals surface area contributed by atoms with Crippen LogP contribution >= 0.6 is 0 Å². The van der Waals surface area contributed by atoms with Gasteiger partial charge in [0, 0.05) is 7.05 Å². The van der Waals surface area contributed by atoms with Gasteiger partial charge in [-0.2, -0.15) is 4.31 Å². The molecule has 0 bridgehead atoms. The Labute approximate surface area is 111 Å². The lowest BCUT2D eigenvalue weighted by molar-refractivity contribution is 0.235. The molecule has 0 saturated heterocycles. The topological polar surface area (TPSA) is 83.9 Å². The number of aryl methyl sites for hydroxylation is 1. The quantitative estimate of drug-likeness (QED) is 0.899. The number of aliphatic hydroxyl groups is 1. The predicted molar refractivity (Wildman–Crippen MR) is 66.7 cm³/mol. The number of aliphatic hydroxyl groups excluding tert-OH is 1. The third-order valence-electron chi connectivity index (χ3n) is 2.63. The van der Waals surface area contributed by atoms with Gasteiger partial charge in [0.1, 0.15) is 23.9 Å². The minimum Gasteiger partial charge on any atom is -0.465 e. The van der Waals surface area contributed by atoms with Crippen molar-refractivity contribution in [3.63, 3.8) is 0 Å². The van der Waals surface area contributed by atoms with Crippen molar-refractivity contribution in [2.45, 2.75) is 25.2 Å². The third-order valence-corrected chi connectivity index (χ3v) is 4.31. The van der Waals surface area contributed by atoms with Gasteiger partial charge in [-0.3, -0.25) is 0 Å². The first-order valence-corrected chi connectivity index (χ1v) is 7.08. The van der Waals surface area contributed by atoms with Crippen LogP contribution in [-0.4, -0.2) is 24.9 Å². The maximum Gasteiger partial charge on any atom is 0.276 e. The molecule has 0 aliphatic rings. The Kier molecular flexibility index (Phi) is 3.79. The molecule has 6 nitrogen and oxygen atoms in total. The van der Waals surface area contributed by atoms with Crippen LogP contribution in [0.3, 0.4) is 0 Å². The van der Waals surface area contributed by atoms with Crippen molar-refractivity contribution < 1.29 is 22.4 Å². The van der Waals surface area contributed by atoms with Gasteiger partial charge in [0.2, 0.25) is 5.09 Å². The van der Waals surface area contributed by atoms with E-state index in [1.807, 2.05) is 0 Å². The number of hydrogen-bond acceptors (Lipinski definition) is 5. The van der Waals surface area contributed by atoms with Crippen LogP contribution < -0.4 is 0 Å². The van der Waals surface area contributed by atoms with Crippen LogP contribution in [0.15, 0.2) is 38.2 Å². The van der Waals surface area contributed by atoms with E-state index in [0.29, 0.717) is 5.76 Å². The van der Waals surface area contributed by atoms with Gasteiger partial charge >= 0.3 is 0 Å². The van der Waals surface area contributed by atoms with Crippen LogP contribution in [0.5, 0.6) is 0 Å². The summed E-state index contributed by atoms with van der Waals surface area (Å²) in [4.78, 5) is 0. The minimum absolute atomic E-state index is 0.116. The van der Waals surface area contributed by atoms with E-state index in [0.717, 1.165) is 10.1 Å². The summed E-state index contributed by atoms with van der Waals surface area (Å²) in [6.07, 6.45) is 0. The van der Waals surface area contributed by atoms with E-state index in [4.69, 9.17) is 13.9 Å². The molecule has 0 unspecified atom stereocenters. The molecule has 1 N–H and O–H groups in total. The van der Waals surface area contributed by atoms with Gasteiger partial charge in [0.15, 0.2) is 0 Å². The first-order chi connectivity index (χ1) is 8.93. The summed E-state index contributed by atoms with van der Waals surface area (Å²) in [5.74, 6) is 1.49. The first kappa shape index (κ1) is 13.9. The Morgan fingerprint density at radius 3 is 2.37 bits per heavy atom. The molecule has 2 aromatic rings. The van der Waals surface area contributed by atoms with Gasteiger partial charge in [-0.1, -0.05) is 0 Å². The monoisotopic (exact) mass is 285 g/mol. The Morgan fingerprint density at radius 1 is 1.16 bits per heavy atom. The largest absolute Gasteiger partial charge is 0.465 e. The van der Waals surface area contributed by atoms with Crippen LogP contribution in [0.2, 0.25) is 0 Å². The zero-order valence-corrected chi connectivity index (χ0v) is 11.5. The molecular weight excluding hydrogens is 270 g/mol. The molecule has 0 spiro atoms. The van der Waals surface area contributed by atoms with Crippen molar-refractivity contribution in [2.75, 3.05) is 7.05 Å². The molecule has 19 heavy (non-hydrogen) atoms. The van der Waals surface area contributed by atoms with E-state index in [1.54, 1.807) is 19.1 Å². The molecule has 0 atom stereocenters. The number of nitrogens with zero attached hydrogens (tertiary/aromatic N) is 1. The second kappa shape index (κ2) is 5.20. The summed E-state index contributed by atoms with van der Waals surface area (Å²) in [6, 6.07) is 6.25. The highest BCUT2D eigenvalue weighted by atomic mass is 32.2. The molecule has 2 aromatic heterocycles. The number of furan rings is 2. The average molecular weight is 285 g/mol. The normalized spacial score (nSPS) is 12.2. The second-order valence-electron chi connectivity index (χ2n) is 4.15. The van der Waals surface area contributed by atoms with E-state index in [9.17, 15) is 8.42 Å². The summed E-state index contributed by atoms with van der Waals surface area (Å²) < 4.78 is 35.9. The summed E-state index contributed by atoms with van der Waals surface area (Å²) in [5, 5.41) is 8.68. The SMILES string of the molecule is Cc1ccc(CN(C)S(=O)(=O)c2ccc(CO)o2)o1. The van der Waals surface area contributed by atoms with Crippen molar-refractivity contribution in [3.05, 3.63) is 41.5 Å². The molecule has 7 heteroatoms. The number of hydrogen-bond donors (Lipinski definition) is 1. The Balaban J connectivity index is 2.19. The van der Waals surface area contributed by atoms with Gasteiger partial charge in [-0.05, 0) is 31.2 Å². The van der Waals surface area contributed by atoms with Crippen molar-refractivity contribution in [1.29, 1.82) is 0 Å². The fourth-order valence-corrected chi connectivity index (χ4v) is 2.67. The van der Waals surface area contributed by atoms with Gasteiger partial charge in [-0.15, -0.1) is 0 Å². The summed E-state index contributed by atoms with van der Waals surface area (Å²) in [6.45, 7) is 1.57. The van der Waals surface area contributed by atoms with Crippen LogP contribution in [0.25, 0.3) is 0 Å². The summed E-state index contributed by atoms with van der Waals surface area (Å²) >= 11 is 0. The predicted octanol–water partition coefficient (Wildman–Crippen LogP) is 1.49. The van der Waals surface area contributed by atoms with Crippen LogP contribution in [0, 0.1) is 6.92 Å². The van der Waals surface area contributed by atoms with Crippen LogP contribution in [0.1, 0.15) is 17.3 Å². The third kappa shape index (κ3) is 2.89. The lowest BCUT2D eigenvalue weighted by Gasteiger charge is -2.13. The van der Waals surface area contributed by atoms with E-state index >= 15 is 0 Å². The fourth-order valence-electron chi connectivity index (χ4n) is 1.61. The Bertz CT molecular complexity index is 655. The van der Waals surface area contributed by atoms with Gasteiger partial charge in [-0.25, -0.2) is 8.42 Å². The highest BCUT2D eigenvalue weighted by Gasteiger charge is 2.25. The van der Waals surface area contributed by atoms with E-state index < -0.39 is 10.0 Å². The number of rotatable bonds is 5. The zero-order valence-electron chi connectivity index (χ0n) is 10.7. The van der Waals surface area contributed by atoms with Crippen molar-refractivity contribution >= 4 is 10.0 Å². The van der Waals surface area contributed by atoms with E-state index in [2.05, 4.69) is 0 Å². The lowest BCUT2D eigenvalue weighted by atomic mass is 10.4. The zero-order chi connectivity index (χ0) is 14.0. The molecule has 2 heterocycles. The van der Waals surface area contributed by atoms with Gasteiger partial charge < -0.3 is 13.9 Å². The summed E-state index contributed by atoms with van der Waals surface area (Å²) in [7, 11) is -2.28. The molecule has 0 saturated carbocycles. The van der Waals surface area contributed by atoms with E-state index in [-0.39, 0.29) is 24.0 Å². The van der Waals surface area contributed by atoms with Crippen molar-refractivity contribution in [3.8, 4) is 0 Å². The molecular formula is C12H15NO5S. The minimum atomic E-state index is -3.72. The summed E-state index contributed by atoms with van der Waals surface area (Å²) in [5.41, 5.74) is 0. The molecule has 104 valence electrons. The molecule has 0 amide bonds. The van der Waals surface area contributed by atoms with Gasteiger partial charge in [0.05, 0.1) is 6.54 Å². The molecule has 2 rings (SSSR count). The maximum absolute atomic E-state index is 12.2. The van der Waals surface area contributed by atoms with Crippen molar-refractivity contribution in [2.24, 2.45) is 0 Å². The number of sulfonamides is 1. The van der Waals surface area contributed by atoms with E-state index in [1.165, 1.54) is 19.2 Å². The molecule has 0 aromatic carbocycles. The first-order valence-electron chi connectivity index (χ1n) is 5.64. The smallest absolute Gasteiger partial charge is 0.276 e. The molecule has 0 aliphatic heterocycles. The lowest BCUT2D eigenvalue weighted by Crippen LogP contribution is -2.25. The molecule has 0 fully saturated rings. The van der Waals surface area contributed by atoms with Crippen molar-refractivity contribution in [1.82, 2.24) is 4.31 Å². The van der Waals surface area contributed by atoms with Gasteiger partial charge in [0.25, 0.3) is 10.0 Å². The average Bonchev–Trinajstić information content (AvgIpc) is 2.98. The Morgan fingerprint density at radius 2 is 1.84 bits per heavy atom. The van der Waals surface area contributed by atoms with Crippen LogP contribution in [-0.2, 0) is 23.2 Å². The molecule has 0 aliphatic carbocycles. The van der Waals surface area contributed by atoms with Crippen LogP contribution in [0.4, 0.5) is 0 Å². The molecule has 0 radical (unpaired) electrons. The standard InChI is InChI=1S/C12H15NO5S/c1-9-3-4-10(17-9)7-13(2)19(15,16)12-6-5-11(8-14)18-12/h3-6,14H,7-8H2,1-2H3. The highest BCUT2D eigenvalue weighted by Crippen LogP contribution is 2.20. The Hall–Kier alpha value is -1.57. The fraction of sp³-hybridized carbons (Fsp3) is 0.333. The highest BCUT2D eigenvalue weighted by molar-refractivity contribution is 7.88. The second-order valence-corrected chi connectivity index (χ2v) is 6.13.